The highest BCUT2D eigenvalue weighted by Crippen LogP contribution is 2.14. The summed E-state index contributed by atoms with van der Waals surface area (Å²) in [6.45, 7) is 4.85. The minimum atomic E-state index is -0.958. The second kappa shape index (κ2) is 9.08. The Labute approximate surface area is 148 Å². The van der Waals surface area contributed by atoms with Gasteiger partial charge in [0.2, 0.25) is 0 Å². The molecule has 0 amide bonds. The number of rotatable bonds is 9. The van der Waals surface area contributed by atoms with Gasteiger partial charge in [-0.2, -0.15) is 0 Å². The highest BCUT2D eigenvalue weighted by Gasteiger charge is 2.35. The van der Waals surface area contributed by atoms with Gasteiger partial charge in [0.25, 0.3) is 0 Å². The third kappa shape index (κ3) is 5.80. The summed E-state index contributed by atoms with van der Waals surface area (Å²) >= 11 is 0. The molecule has 0 aliphatic rings. The summed E-state index contributed by atoms with van der Waals surface area (Å²) in [6.07, 6.45) is 0. The quantitative estimate of drug-likeness (QED) is 0.560. The molecule has 0 radical (unpaired) electrons. The predicted octanol–water partition coefficient (Wildman–Crippen LogP) is 2.97. The number of para-hydroxylation sites is 1. The van der Waals surface area contributed by atoms with Crippen LogP contribution in [-0.4, -0.2) is 38.4 Å². The third-order valence-electron chi connectivity index (χ3n) is 3.78. The molecule has 0 fully saturated rings. The fraction of sp³-hybridized carbons (Fsp3) is 0.350. The van der Waals surface area contributed by atoms with Crippen molar-refractivity contribution < 1.29 is 19.0 Å². The Morgan fingerprint density at radius 2 is 1.76 bits per heavy atom. The Bertz CT molecular complexity index is 674. The van der Waals surface area contributed by atoms with Gasteiger partial charge in [-0.25, -0.2) is 4.79 Å². The number of nitrogens with one attached hydrogen (secondary N) is 1. The molecule has 0 saturated heterocycles. The van der Waals surface area contributed by atoms with Gasteiger partial charge < -0.3 is 14.2 Å². The lowest BCUT2D eigenvalue weighted by Crippen LogP contribution is -2.55. The number of benzene rings is 2. The van der Waals surface area contributed by atoms with Crippen LogP contribution in [0.2, 0.25) is 0 Å². The number of esters is 1. The van der Waals surface area contributed by atoms with E-state index in [4.69, 9.17) is 14.2 Å². The van der Waals surface area contributed by atoms with Crippen LogP contribution in [0.1, 0.15) is 12.5 Å². The molecule has 1 atom stereocenters. The third-order valence-corrected chi connectivity index (χ3v) is 3.78. The summed E-state index contributed by atoms with van der Waals surface area (Å²) in [5.41, 5.74) is 0.182. The molecule has 2 aromatic rings. The summed E-state index contributed by atoms with van der Waals surface area (Å²) in [7, 11) is 1.37. The Morgan fingerprint density at radius 1 is 1.04 bits per heavy atom. The van der Waals surface area contributed by atoms with E-state index in [-0.39, 0.29) is 12.6 Å². The number of ether oxygens (including phenoxy) is 3. The first-order chi connectivity index (χ1) is 12.0. The van der Waals surface area contributed by atoms with E-state index in [9.17, 15) is 4.79 Å². The predicted molar refractivity (Wildman–Crippen MR) is 97.0 cm³/mol. The fourth-order valence-corrected chi connectivity index (χ4v) is 2.35. The molecule has 1 N–H and O–H groups in total. The number of carbonyl (C=O) groups is 1. The van der Waals surface area contributed by atoms with Crippen molar-refractivity contribution in [2.45, 2.75) is 19.4 Å². The maximum absolute atomic E-state index is 12.2. The second-order valence-corrected chi connectivity index (χ2v) is 6.02. The van der Waals surface area contributed by atoms with E-state index < -0.39 is 5.54 Å². The van der Waals surface area contributed by atoms with Gasteiger partial charge in [-0.15, -0.1) is 0 Å². The molecule has 2 aromatic carbocycles. The van der Waals surface area contributed by atoms with Crippen molar-refractivity contribution in [1.82, 2.24) is 5.32 Å². The van der Waals surface area contributed by atoms with Gasteiger partial charge in [-0.3, -0.25) is 5.32 Å². The van der Waals surface area contributed by atoms with Crippen LogP contribution >= 0.6 is 0 Å². The summed E-state index contributed by atoms with van der Waals surface area (Å²) in [5.74, 6) is 1.14. The molecular formula is C20H25NO4. The second-order valence-electron chi connectivity index (χ2n) is 6.02. The lowest BCUT2D eigenvalue weighted by atomic mass is 10.0. The highest BCUT2D eigenvalue weighted by molar-refractivity contribution is 5.80. The molecule has 5 heteroatoms. The number of hydrogen-bond acceptors (Lipinski definition) is 5. The number of carbonyl (C=O) groups excluding carboxylic acids is 1. The van der Waals surface area contributed by atoms with Crippen molar-refractivity contribution in [2.75, 3.05) is 26.9 Å². The average molecular weight is 343 g/mol. The zero-order valence-corrected chi connectivity index (χ0v) is 15.0. The van der Waals surface area contributed by atoms with Gasteiger partial charge in [0, 0.05) is 6.54 Å². The lowest BCUT2D eigenvalue weighted by Gasteiger charge is -2.28. The minimum absolute atomic E-state index is 0.161. The van der Waals surface area contributed by atoms with Crippen LogP contribution in [0.3, 0.4) is 0 Å². The van der Waals surface area contributed by atoms with Crippen molar-refractivity contribution in [1.29, 1.82) is 0 Å². The zero-order valence-electron chi connectivity index (χ0n) is 15.0. The van der Waals surface area contributed by atoms with E-state index in [1.807, 2.05) is 61.5 Å². The molecule has 0 bridgehead atoms. The van der Waals surface area contributed by atoms with E-state index in [0.29, 0.717) is 18.9 Å². The molecule has 0 unspecified atom stereocenters. The molecule has 5 nitrogen and oxygen atoms in total. The van der Waals surface area contributed by atoms with Crippen molar-refractivity contribution in [3.05, 3.63) is 60.2 Å². The summed E-state index contributed by atoms with van der Waals surface area (Å²) < 4.78 is 16.3. The van der Waals surface area contributed by atoms with Crippen LogP contribution < -0.4 is 14.8 Å². The van der Waals surface area contributed by atoms with Crippen molar-refractivity contribution in [3.63, 3.8) is 0 Å². The first-order valence-corrected chi connectivity index (χ1v) is 8.24. The van der Waals surface area contributed by atoms with Crippen LogP contribution in [0.4, 0.5) is 0 Å². The van der Waals surface area contributed by atoms with Crippen LogP contribution in [0.15, 0.2) is 54.6 Å². The molecule has 0 aromatic heterocycles. The highest BCUT2D eigenvalue weighted by atomic mass is 16.5. The lowest BCUT2D eigenvalue weighted by molar-refractivity contribution is -0.149. The number of hydrogen-bond donors (Lipinski definition) is 1. The molecule has 0 heterocycles. The largest absolute Gasteiger partial charge is 0.492 e. The zero-order chi connectivity index (χ0) is 18.1. The van der Waals surface area contributed by atoms with E-state index in [1.165, 1.54) is 7.11 Å². The van der Waals surface area contributed by atoms with E-state index in [2.05, 4.69) is 5.32 Å². The van der Waals surface area contributed by atoms with Gasteiger partial charge >= 0.3 is 5.97 Å². The van der Waals surface area contributed by atoms with Gasteiger partial charge in [0.1, 0.15) is 30.3 Å². The minimum Gasteiger partial charge on any atom is -0.492 e. The number of aryl methyl sites for hydroxylation is 1. The molecule has 0 spiro atoms. The number of methoxy groups -OCH3 is 1. The first kappa shape index (κ1) is 18.8. The van der Waals surface area contributed by atoms with Gasteiger partial charge in [0.15, 0.2) is 0 Å². The summed E-state index contributed by atoms with van der Waals surface area (Å²) in [6, 6.07) is 17.2. The van der Waals surface area contributed by atoms with Crippen molar-refractivity contribution in [3.8, 4) is 11.5 Å². The summed E-state index contributed by atoms with van der Waals surface area (Å²) in [5, 5.41) is 3.18. The van der Waals surface area contributed by atoms with Crippen LogP contribution in [0.5, 0.6) is 11.5 Å². The molecule has 0 aliphatic heterocycles. The van der Waals surface area contributed by atoms with Crippen molar-refractivity contribution >= 4 is 5.97 Å². The Morgan fingerprint density at radius 3 is 2.44 bits per heavy atom. The van der Waals surface area contributed by atoms with Crippen LogP contribution in [0, 0.1) is 6.92 Å². The van der Waals surface area contributed by atoms with E-state index in [1.54, 1.807) is 6.92 Å². The standard InChI is InChI=1S/C20H25NO4/c1-16-8-7-11-18(14-16)24-13-12-21-20(2,19(22)23-3)15-25-17-9-5-4-6-10-17/h4-11,14,21H,12-13,15H2,1-3H3/t20-/m1/s1. The SMILES string of the molecule is COC(=O)[C@@](C)(COc1ccccc1)NCCOc1cccc(C)c1. The molecule has 25 heavy (non-hydrogen) atoms. The van der Waals surface area contributed by atoms with E-state index in [0.717, 1.165) is 11.3 Å². The Balaban J connectivity index is 1.87. The molecule has 2 rings (SSSR count). The van der Waals surface area contributed by atoms with E-state index >= 15 is 0 Å². The van der Waals surface area contributed by atoms with Crippen molar-refractivity contribution in [2.24, 2.45) is 0 Å². The molecule has 134 valence electrons. The summed E-state index contributed by atoms with van der Waals surface area (Å²) in [4.78, 5) is 12.2. The average Bonchev–Trinajstić information content (AvgIpc) is 2.64. The molecule has 0 saturated carbocycles. The first-order valence-electron chi connectivity index (χ1n) is 8.24. The van der Waals surface area contributed by atoms with Gasteiger partial charge in [0.05, 0.1) is 7.11 Å². The van der Waals surface area contributed by atoms with Gasteiger partial charge in [-0.1, -0.05) is 30.3 Å². The molecular weight excluding hydrogens is 318 g/mol. The maximum Gasteiger partial charge on any atom is 0.329 e. The maximum atomic E-state index is 12.2. The topological polar surface area (TPSA) is 56.8 Å². The van der Waals surface area contributed by atoms with Crippen LogP contribution in [0.25, 0.3) is 0 Å². The monoisotopic (exact) mass is 343 g/mol. The fourth-order valence-electron chi connectivity index (χ4n) is 2.35. The molecule has 0 aliphatic carbocycles. The normalized spacial score (nSPS) is 12.9. The Hall–Kier alpha value is -2.53. The smallest absolute Gasteiger partial charge is 0.329 e. The van der Waals surface area contributed by atoms with Gasteiger partial charge in [-0.05, 0) is 43.7 Å². The Kier molecular flexibility index (Phi) is 6.83. The van der Waals surface area contributed by atoms with Crippen LogP contribution in [-0.2, 0) is 9.53 Å².